The van der Waals surface area contributed by atoms with Gasteiger partial charge in [0.1, 0.15) is 11.5 Å². The topological polar surface area (TPSA) is 112 Å². The van der Waals surface area contributed by atoms with E-state index in [0.29, 0.717) is 44.7 Å². The number of allylic oxidation sites excluding steroid dienone is 2. The van der Waals surface area contributed by atoms with Crippen molar-refractivity contribution in [2.75, 3.05) is 30.6 Å². The van der Waals surface area contributed by atoms with Crippen LogP contribution in [0.25, 0.3) is 0 Å². The molecule has 0 aromatic heterocycles. The first-order valence-electron chi connectivity index (χ1n) is 12.1. The van der Waals surface area contributed by atoms with Crippen molar-refractivity contribution in [2.24, 2.45) is 0 Å². The van der Waals surface area contributed by atoms with E-state index in [1.54, 1.807) is 56.5 Å². The van der Waals surface area contributed by atoms with Crippen molar-refractivity contribution < 1.29 is 19.1 Å². The number of methoxy groups -OCH3 is 2. The van der Waals surface area contributed by atoms with Crippen LogP contribution in [-0.4, -0.2) is 31.8 Å². The molecule has 0 fully saturated rings. The van der Waals surface area contributed by atoms with E-state index in [2.05, 4.69) is 22.0 Å². The van der Waals surface area contributed by atoms with Gasteiger partial charge in [-0.25, -0.2) is 0 Å². The molecule has 8 nitrogen and oxygen atoms in total. The molecule has 1 aliphatic rings. The summed E-state index contributed by atoms with van der Waals surface area (Å²) in [6.45, 7) is 1.79. The van der Waals surface area contributed by atoms with E-state index in [9.17, 15) is 14.9 Å². The number of hydrogen-bond acceptors (Lipinski definition) is 7. The minimum absolute atomic E-state index is 0.0665. The fourth-order valence-corrected chi connectivity index (χ4v) is 5.14. The number of carbonyl (C=O) groups is 2. The molecule has 0 bridgehead atoms. The number of hydrogen-bond donors (Lipinski definition) is 3. The molecule has 198 valence electrons. The summed E-state index contributed by atoms with van der Waals surface area (Å²) in [6.07, 6.45) is 0. The Kier molecular flexibility index (Phi) is 8.92. The molecule has 0 saturated carbocycles. The lowest BCUT2D eigenvalue weighted by molar-refractivity contribution is -0.114. The second kappa shape index (κ2) is 12.7. The van der Waals surface area contributed by atoms with Crippen molar-refractivity contribution >= 4 is 35.0 Å². The third-order valence-electron chi connectivity index (χ3n) is 6.10. The Morgan fingerprint density at radius 3 is 2.31 bits per heavy atom. The average molecular weight is 541 g/mol. The molecule has 3 aromatic rings. The average Bonchev–Trinajstić information content (AvgIpc) is 2.96. The third-order valence-corrected chi connectivity index (χ3v) is 7.12. The molecule has 4 rings (SSSR count). The van der Waals surface area contributed by atoms with Crippen LogP contribution in [0.15, 0.2) is 101 Å². The fourth-order valence-electron chi connectivity index (χ4n) is 4.25. The van der Waals surface area contributed by atoms with Crippen molar-refractivity contribution in [1.29, 1.82) is 5.26 Å². The van der Waals surface area contributed by atoms with Gasteiger partial charge in [0, 0.05) is 17.0 Å². The maximum atomic E-state index is 13.6. The highest BCUT2D eigenvalue weighted by molar-refractivity contribution is 8.03. The Morgan fingerprint density at radius 1 is 0.949 bits per heavy atom. The number of dihydropyridines is 1. The number of rotatable bonds is 9. The Balaban J connectivity index is 1.60. The lowest BCUT2D eigenvalue weighted by Gasteiger charge is -2.30. The van der Waals surface area contributed by atoms with Crippen LogP contribution in [0.4, 0.5) is 11.4 Å². The van der Waals surface area contributed by atoms with Gasteiger partial charge in [-0.05, 0) is 48.9 Å². The number of anilines is 2. The van der Waals surface area contributed by atoms with Gasteiger partial charge in [-0.15, -0.1) is 0 Å². The zero-order valence-electron chi connectivity index (χ0n) is 21.8. The minimum Gasteiger partial charge on any atom is -0.497 e. The van der Waals surface area contributed by atoms with Crippen LogP contribution in [0.1, 0.15) is 18.4 Å². The molecule has 3 aromatic carbocycles. The first kappa shape index (κ1) is 27.4. The number of nitrogens with zero attached hydrogens (tertiary/aromatic N) is 1. The molecule has 0 aliphatic carbocycles. The first-order chi connectivity index (χ1) is 18.9. The van der Waals surface area contributed by atoms with Crippen LogP contribution in [0.2, 0.25) is 0 Å². The van der Waals surface area contributed by atoms with Gasteiger partial charge < -0.3 is 25.4 Å². The lowest BCUT2D eigenvalue weighted by atomic mass is 9.82. The number of thioether (sulfide) groups is 1. The highest BCUT2D eigenvalue weighted by Gasteiger charge is 2.35. The van der Waals surface area contributed by atoms with Crippen LogP contribution >= 0.6 is 11.8 Å². The Bertz CT molecular complexity index is 1460. The summed E-state index contributed by atoms with van der Waals surface area (Å²) >= 11 is 1.21. The van der Waals surface area contributed by atoms with E-state index < -0.39 is 5.92 Å². The van der Waals surface area contributed by atoms with Gasteiger partial charge >= 0.3 is 0 Å². The number of ether oxygens (including phenoxy) is 2. The predicted octanol–water partition coefficient (Wildman–Crippen LogP) is 5.41. The number of benzene rings is 3. The molecule has 0 saturated heterocycles. The van der Waals surface area contributed by atoms with Gasteiger partial charge in [-0.3, -0.25) is 9.59 Å². The maximum absolute atomic E-state index is 13.6. The molecule has 2 amide bonds. The minimum atomic E-state index is -0.626. The molecule has 3 N–H and O–H groups in total. The van der Waals surface area contributed by atoms with E-state index in [1.165, 1.54) is 18.9 Å². The van der Waals surface area contributed by atoms with E-state index in [-0.39, 0.29) is 17.6 Å². The normalized spacial score (nSPS) is 14.7. The van der Waals surface area contributed by atoms with Gasteiger partial charge in [0.2, 0.25) is 5.91 Å². The Labute approximate surface area is 231 Å². The maximum Gasteiger partial charge on any atom is 0.254 e. The molecular weight excluding hydrogens is 512 g/mol. The highest BCUT2D eigenvalue weighted by atomic mass is 32.2. The lowest BCUT2D eigenvalue weighted by Crippen LogP contribution is -2.31. The standard InChI is InChI=1S/C30H28N4O4S/c1-19-27(29(36)34-24-11-7-8-12-25(24)38-3)28(20-9-5-4-6-10-20)23(17-31)30(32-19)39-18-26(35)33-21-13-15-22(37-2)16-14-21/h4-16,28,32H,18H2,1-3H3,(H,33,35)(H,34,36)/t28-/m1/s1. The van der Waals surface area contributed by atoms with Gasteiger partial charge in [-0.2, -0.15) is 5.26 Å². The molecular formula is C30H28N4O4S. The van der Waals surface area contributed by atoms with E-state index in [4.69, 9.17) is 9.47 Å². The van der Waals surface area contributed by atoms with Gasteiger partial charge in [0.05, 0.1) is 48.2 Å². The zero-order chi connectivity index (χ0) is 27.8. The quantitative estimate of drug-likeness (QED) is 0.333. The molecule has 0 radical (unpaired) electrons. The summed E-state index contributed by atoms with van der Waals surface area (Å²) in [5.74, 6) is 0.0783. The number of nitrogens with one attached hydrogen (secondary N) is 3. The monoisotopic (exact) mass is 540 g/mol. The first-order valence-corrected chi connectivity index (χ1v) is 13.1. The van der Waals surface area contributed by atoms with E-state index in [1.807, 2.05) is 36.4 Å². The van der Waals surface area contributed by atoms with Crippen molar-refractivity contribution in [3.05, 3.63) is 106 Å². The van der Waals surface area contributed by atoms with Gasteiger partial charge in [-0.1, -0.05) is 54.2 Å². The molecule has 1 heterocycles. The summed E-state index contributed by atoms with van der Waals surface area (Å²) in [6, 6.07) is 25.8. The summed E-state index contributed by atoms with van der Waals surface area (Å²) < 4.78 is 10.5. The molecule has 1 atom stereocenters. The van der Waals surface area contributed by atoms with Crippen LogP contribution in [0, 0.1) is 11.3 Å². The fraction of sp³-hybridized carbons (Fsp3) is 0.167. The van der Waals surface area contributed by atoms with Crippen molar-refractivity contribution in [3.63, 3.8) is 0 Å². The summed E-state index contributed by atoms with van der Waals surface area (Å²) in [5.41, 5.74) is 3.32. The SMILES string of the molecule is COc1ccc(NC(=O)CSC2=C(C#N)[C@@H](c3ccccc3)C(C(=O)Nc3ccccc3OC)=C(C)N2)cc1. The van der Waals surface area contributed by atoms with Gasteiger partial charge in [0.25, 0.3) is 5.91 Å². The smallest absolute Gasteiger partial charge is 0.254 e. The van der Waals surface area contributed by atoms with Crippen LogP contribution in [0.5, 0.6) is 11.5 Å². The molecule has 39 heavy (non-hydrogen) atoms. The third kappa shape index (κ3) is 6.43. The zero-order valence-corrected chi connectivity index (χ0v) is 22.6. The summed E-state index contributed by atoms with van der Waals surface area (Å²) in [5, 5.41) is 19.8. The molecule has 0 unspecified atom stereocenters. The predicted molar refractivity (Wildman–Crippen MR) is 153 cm³/mol. The van der Waals surface area contributed by atoms with E-state index >= 15 is 0 Å². The molecule has 9 heteroatoms. The largest absolute Gasteiger partial charge is 0.497 e. The number of amides is 2. The number of carbonyl (C=O) groups excluding carboxylic acids is 2. The van der Waals surface area contributed by atoms with Gasteiger partial charge in [0.15, 0.2) is 0 Å². The van der Waals surface area contributed by atoms with Crippen molar-refractivity contribution in [2.45, 2.75) is 12.8 Å². The number of para-hydroxylation sites is 2. The summed E-state index contributed by atoms with van der Waals surface area (Å²) in [7, 11) is 3.11. The second-order valence-electron chi connectivity index (χ2n) is 8.58. The number of nitriles is 1. The Hall–Kier alpha value is -4.68. The van der Waals surface area contributed by atoms with Crippen LogP contribution in [-0.2, 0) is 9.59 Å². The highest BCUT2D eigenvalue weighted by Crippen LogP contribution is 2.41. The second-order valence-corrected chi connectivity index (χ2v) is 9.57. The molecule has 0 spiro atoms. The molecule has 1 aliphatic heterocycles. The Morgan fingerprint density at radius 2 is 1.64 bits per heavy atom. The van der Waals surface area contributed by atoms with E-state index in [0.717, 1.165) is 5.56 Å². The van der Waals surface area contributed by atoms with Crippen molar-refractivity contribution in [3.8, 4) is 17.6 Å². The van der Waals surface area contributed by atoms with Crippen molar-refractivity contribution in [1.82, 2.24) is 5.32 Å². The van der Waals surface area contributed by atoms with Crippen LogP contribution < -0.4 is 25.4 Å². The summed E-state index contributed by atoms with van der Waals surface area (Å²) in [4.78, 5) is 26.3. The van der Waals surface area contributed by atoms with Crippen LogP contribution in [0.3, 0.4) is 0 Å².